The van der Waals surface area contributed by atoms with E-state index in [2.05, 4.69) is 142 Å². The second-order valence-electron chi connectivity index (χ2n) is 15.3. The fourth-order valence-electron chi connectivity index (χ4n) is 8.41. The summed E-state index contributed by atoms with van der Waals surface area (Å²) >= 11 is 0. The highest BCUT2D eigenvalue weighted by atomic mass is 16.7. The van der Waals surface area contributed by atoms with Crippen LogP contribution in [0.15, 0.2) is 103 Å². The quantitative estimate of drug-likeness (QED) is 0.0670. The van der Waals surface area contributed by atoms with Crippen LogP contribution in [-0.4, -0.2) is 53.8 Å². The van der Waals surface area contributed by atoms with Crippen molar-refractivity contribution in [1.29, 1.82) is 0 Å². The molecule has 0 radical (unpaired) electrons. The summed E-state index contributed by atoms with van der Waals surface area (Å²) in [5, 5.41) is 5.53. The molecule has 0 spiro atoms. The average molecular weight is 711 g/mol. The number of amides is 2. The number of rotatable bonds is 11. The summed E-state index contributed by atoms with van der Waals surface area (Å²) in [4.78, 5) is 42.7. The first-order valence-corrected chi connectivity index (χ1v) is 18.6. The van der Waals surface area contributed by atoms with Crippen molar-refractivity contribution >= 4 is 56.4 Å². The Kier molecular flexibility index (Phi) is 9.58. The Hall–Kier alpha value is -5.50. The summed E-state index contributed by atoms with van der Waals surface area (Å²) in [7, 11) is 4.30. The fraction of sp³-hybridized carbons (Fsp3) is 0.333. The topological polar surface area (TPSA) is 79.2 Å². The Labute approximate surface area is 311 Å². The summed E-state index contributed by atoms with van der Waals surface area (Å²) in [5.74, 6) is -0.676. The van der Waals surface area contributed by atoms with Gasteiger partial charge in [-0.2, -0.15) is 4.58 Å². The molecule has 1 fully saturated rings. The number of unbranched alkanes of at least 4 members (excludes halogenated alkanes) is 2. The Balaban J connectivity index is 0.995. The minimum atomic E-state index is -0.564. The second-order valence-corrected chi connectivity index (χ2v) is 15.3. The third kappa shape index (κ3) is 6.56. The molecule has 0 aliphatic carbocycles. The molecule has 0 unspecified atom stereocenters. The standard InChI is InChI=1S/C45H48N3O5/c1-44(2)37(46(5)35-24-21-30-15-12-13-16-33(30)42(35)44)17-9-7-10-18-38-45(3,4)43-34-29-32(23-20-31(34)22-25-36(43)47(38)6)52-28-14-8-11-19-41(51)53-48-39(49)26-27-40(48)50/h7,9-10,12-13,15-18,20-25,29H,8,11,14,19,26-28H2,1-6H3/q+1. The molecule has 7 rings (SSSR count). The van der Waals surface area contributed by atoms with Gasteiger partial charge in [-0.1, -0.05) is 68.5 Å². The minimum absolute atomic E-state index is 0.0913. The average Bonchev–Trinajstić information content (AvgIpc) is 3.63. The molecule has 8 nitrogen and oxygen atoms in total. The first-order chi connectivity index (χ1) is 25.4. The highest BCUT2D eigenvalue weighted by Crippen LogP contribution is 2.50. The lowest BCUT2D eigenvalue weighted by Crippen LogP contribution is -2.31. The predicted octanol–water partition coefficient (Wildman–Crippen LogP) is 8.97. The van der Waals surface area contributed by atoms with E-state index in [0.717, 1.165) is 18.6 Å². The van der Waals surface area contributed by atoms with Crippen molar-refractivity contribution in [3.63, 3.8) is 0 Å². The van der Waals surface area contributed by atoms with Crippen LogP contribution in [0.25, 0.3) is 21.5 Å². The molecule has 8 heteroatoms. The van der Waals surface area contributed by atoms with E-state index in [1.54, 1.807) is 0 Å². The van der Waals surface area contributed by atoms with Gasteiger partial charge >= 0.3 is 5.97 Å². The van der Waals surface area contributed by atoms with Crippen LogP contribution in [0.3, 0.4) is 0 Å². The SMILES string of the molecule is CN1/C(=C/C=C/C=C/C2=[N+](C)c3ccc4ccccc4c3C2(C)C)C(C)(C)c2c1ccc1ccc(OCCCCCC(=O)ON3C(=O)CCC3=O)cc21. The zero-order valence-electron chi connectivity index (χ0n) is 31.6. The van der Waals surface area contributed by atoms with E-state index in [9.17, 15) is 14.4 Å². The number of hydrogen-bond acceptors (Lipinski definition) is 6. The van der Waals surface area contributed by atoms with Gasteiger partial charge < -0.3 is 14.5 Å². The van der Waals surface area contributed by atoms with Crippen molar-refractivity contribution in [3.05, 3.63) is 114 Å². The van der Waals surface area contributed by atoms with E-state index in [1.807, 2.05) is 6.07 Å². The van der Waals surface area contributed by atoms with Crippen LogP contribution in [0.1, 0.15) is 77.3 Å². The van der Waals surface area contributed by atoms with Crippen molar-refractivity contribution in [2.24, 2.45) is 0 Å². The molecule has 3 aliphatic heterocycles. The van der Waals surface area contributed by atoms with Gasteiger partial charge in [0.2, 0.25) is 5.69 Å². The van der Waals surface area contributed by atoms with Gasteiger partial charge in [0.15, 0.2) is 5.71 Å². The van der Waals surface area contributed by atoms with Crippen molar-refractivity contribution in [3.8, 4) is 5.75 Å². The van der Waals surface area contributed by atoms with Crippen molar-refractivity contribution in [1.82, 2.24) is 5.06 Å². The molecule has 4 aromatic carbocycles. The van der Waals surface area contributed by atoms with Gasteiger partial charge in [-0.05, 0) is 90.6 Å². The van der Waals surface area contributed by atoms with Crippen LogP contribution in [0.5, 0.6) is 5.75 Å². The first-order valence-electron chi connectivity index (χ1n) is 18.6. The summed E-state index contributed by atoms with van der Waals surface area (Å²) in [6, 6.07) is 23.8. The molecular weight excluding hydrogens is 663 g/mol. The molecule has 2 amide bonds. The van der Waals surface area contributed by atoms with E-state index >= 15 is 0 Å². The predicted molar refractivity (Wildman–Crippen MR) is 211 cm³/mol. The third-order valence-electron chi connectivity index (χ3n) is 11.1. The summed E-state index contributed by atoms with van der Waals surface area (Å²) in [5.41, 5.74) is 7.24. The van der Waals surface area contributed by atoms with Gasteiger partial charge in [0.05, 0.1) is 12.0 Å². The molecule has 272 valence electrons. The van der Waals surface area contributed by atoms with E-state index in [-0.39, 0.29) is 30.1 Å². The van der Waals surface area contributed by atoms with Crippen molar-refractivity contribution in [2.75, 3.05) is 25.6 Å². The van der Waals surface area contributed by atoms with E-state index < -0.39 is 17.8 Å². The molecule has 0 aromatic heterocycles. The molecule has 3 heterocycles. The molecule has 4 aromatic rings. The van der Waals surface area contributed by atoms with E-state index in [0.29, 0.717) is 18.1 Å². The molecular formula is C45H48N3O5+. The van der Waals surface area contributed by atoms with Gasteiger partial charge in [0, 0.05) is 60.8 Å². The molecule has 1 saturated heterocycles. The lowest BCUT2D eigenvalue weighted by Gasteiger charge is -2.24. The lowest BCUT2D eigenvalue weighted by atomic mass is 9.79. The largest absolute Gasteiger partial charge is 0.494 e. The number of ether oxygens (including phenoxy) is 1. The summed E-state index contributed by atoms with van der Waals surface area (Å²) in [6.45, 7) is 9.71. The Morgan fingerprint density at radius 3 is 2.32 bits per heavy atom. The van der Waals surface area contributed by atoms with Crippen molar-refractivity contribution < 1.29 is 28.5 Å². The molecule has 0 atom stereocenters. The van der Waals surface area contributed by atoms with Gasteiger partial charge in [-0.25, -0.2) is 4.79 Å². The number of benzene rings is 4. The molecule has 0 bridgehead atoms. The molecule has 3 aliphatic rings. The highest BCUT2D eigenvalue weighted by molar-refractivity contribution is 6.07. The maximum Gasteiger partial charge on any atom is 0.333 e. The van der Waals surface area contributed by atoms with Gasteiger partial charge in [-0.3, -0.25) is 9.59 Å². The second kappa shape index (κ2) is 14.1. The first kappa shape index (κ1) is 35.9. The summed E-state index contributed by atoms with van der Waals surface area (Å²) in [6.07, 6.45) is 13.3. The van der Waals surface area contributed by atoms with Crippen LogP contribution in [-0.2, 0) is 30.1 Å². The number of anilines is 1. The zero-order valence-corrected chi connectivity index (χ0v) is 31.6. The smallest absolute Gasteiger partial charge is 0.333 e. The Morgan fingerprint density at radius 1 is 0.811 bits per heavy atom. The number of nitrogens with zero attached hydrogens (tertiary/aromatic N) is 3. The van der Waals surface area contributed by atoms with Gasteiger partial charge in [0.1, 0.15) is 12.8 Å². The fourth-order valence-corrected chi connectivity index (χ4v) is 8.41. The molecule has 0 N–H and O–H groups in total. The Bertz CT molecular complexity index is 2260. The zero-order chi connectivity index (χ0) is 37.5. The number of allylic oxidation sites excluding steroid dienone is 6. The van der Waals surface area contributed by atoms with Gasteiger partial charge in [-0.15, -0.1) is 5.06 Å². The maximum absolute atomic E-state index is 12.1. The van der Waals surface area contributed by atoms with Crippen LogP contribution in [0.2, 0.25) is 0 Å². The maximum atomic E-state index is 12.1. The normalized spacial score (nSPS) is 18.4. The van der Waals surface area contributed by atoms with Crippen molar-refractivity contribution in [2.45, 2.75) is 77.0 Å². The van der Waals surface area contributed by atoms with E-state index in [1.165, 1.54) is 55.5 Å². The third-order valence-corrected chi connectivity index (χ3v) is 11.1. The number of hydrogen-bond donors (Lipinski definition) is 0. The summed E-state index contributed by atoms with van der Waals surface area (Å²) < 4.78 is 8.49. The van der Waals surface area contributed by atoms with E-state index in [4.69, 9.17) is 9.57 Å². The molecule has 53 heavy (non-hydrogen) atoms. The minimum Gasteiger partial charge on any atom is -0.494 e. The number of hydroxylamine groups is 2. The Morgan fingerprint density at radius 2 is 1.53 bits per heavy atom. The monoisotopic (exact) mass is 710 g/mol. The lowest BCUT2D eigenvalue weighted by molar-refractivity contribution is -0.401. The molecule has 0 saturated carbocycles. The highest BCUT2D eigenvalue weighted by Gasteiger charge is 2.44. The number of imide groups is 1. The number of likely N-dealkylation sites (N-methyl/N-ethyl adjacent to an activating group) is 1. The van der Waals surface area contributed by atoms with Crippen LogP contribution in [0.4, 0.5) is 11.4 Å². The number of carbonyl (C=O) groups excluding carboxylic acids is 3. The number of carbonyl (C=O) groups is 3. The van der Waals surface area contributed by atoms with Gasteiger partial charge in [0.25, 0.3) is 11.8 Å². The van der Waals surface area contributed by atoms with Crippen LogP contribution in [0, 0.1) is 0 Å². The number of fused-ring (bicyclic) bond motifs is 6. The van der Waals surface area contributed by atoms with Crippen LogP contribution >= 0.6 is 0 Å². The van der Waals surface area contributed by atoms with Crippen LogP contribution < -0.4 is 9.64 Å².